The van der Waals surface area contributed by atoms with E-state index < -0.39 is 0 Å². The molecule has 0 saturated heterocycles. The summed E-state index contributed by atoms with van der Waals surface area (Å²) >= 11 is 1.37. The molecule has 2 heterocycles. The Bertz CT molecular complexity index is 656. The molecule has 108 valence electrons. The van der Waals surface area contributed by atoms with Crippen LogP contribution in [-0.4, -0.2) is 34.6 Å². The summed E-state index contributed by atoms with van der Waals surface area (Å²) in [5, 5.41) is 8.69. The second-order valence-corrected chi connectivity index (χ2v) is 5.54. The Kier molecular flexibility index (Phi) is 5.50. The topological polar surface area (TPSA) is 53.4 Å². The van der Waals surface area contributed by atoms with E-state index in [4.69, 9.17) is 5.11 Å². The van der Waals surface area contributed by atoms with Gasteiger partial charge in [-0.05, 0) is 29.8 Å². The average molecular weight is 300 g/mol. The largest absolute Gasteiger partial charge is 0.395 e. The van der Waals surface area contributed by atoms with E-state index in [2.05, 4.69) is 16.8 Å². The van der Waals surface area contributed by atoms with Gasteiger partial charge in [0.25, 0.3) is 5.91 Å². The first-order valence-corrected chi connectivity index (χ1v) is 7.36. The van der Waals surface area contributed by atoms with Crippen LogP contribution in [0.2, 0.25) is 0 Å². The summed E-state index contributed by atoms with van der Waals surface area (Å²) in [4.78, 5) is 19.5. The van der Waals surface area contributed by atoms with E-state index >= 15 is 0 Å². The molecule has 4 nitrogen and oxygen atoms in total. The molecule has 0 bridgehead atoms. The van der Waals surface area contributed by atoms with Gasteiger partial charge >= 0.3 is 0 Å². The van der Waals surface area contributed by atoms with E-state index in [-0.39, 0.29) is 12.5 Å². The number of carbonyl (C=O) groups is 1. The molecule has 0 unspecified atom stereocenters. The standard InChI is InChI=1S/C16H16N2O2S/c1-18(12-13-7-9-17-10-8-13)16(20)15-6-5-14(21-15)4-2-3-11-19/h5-10,19H,3,11-12H2,1H3. The van der Waals surface area contributed by atoms with Crippen molar-refractivity contribution in [2.24, 2.45) is 0 Å². The summed E-state index contributed by atoms with van der Waals surface area (Å²) in [5.41, 5.74) is 1.04. The van der Waals surface area contributed by atoms with Gasteiger partial charge < -0.3 is 10.0 Å². The molecular formula is C16H16N2O2S. The van der Waals surface area contributed by atoms with E-state index in [1.807, 2.05) is 18.2 Å². The lowest BCUT2D eigenvalue weighted by Crippen LogP contribution is -2.25. The van der Waals surface area contributed by atoms with Gasteiger partial charge in [-0.1, -0.05) is 11.8 Å². The van der Waals surface area contributed by atoms with E-state index in [0.717, 1.165) is 10.4 Å². The van der Waals surface area contributed by atoms with Crippen LogP contribution in [0.25, 0.3) is 0 Å². The van der Waals surface area contributed by atoms with Crippen LogP contribution >= 0.6 is 11.3 Å². The Labute approximate surface area is 128 Å². The Morgan fingerprint density at radius 3 is 2.81 bits per heavy atom. The fraction of sp³-hybridized carbons (Fsp3) is 0.250. The van der Waals surface area contributed by atoms with Crippen molar-refractivity contribution in [3.05, 3.63) is 52.0 Å². The SMILES string of the molecule is CN(Cc1ccncc1)C(=O)c1ccc(C#CCCO)s1. The van der Waals surface area contributed by atoms with E-state index in [1.54, 1.807) is 30.4 Å². The lowest BCUT2D eigenvalue weighted by molar-refractivity contribution is 0.0790. The first-order chi connectivity index (χ1) is 10.2. The minimum absolute atomic E-state index is 0.0213. The monoisotopic (exact) mass is 300 g/mol. The molecule has 1 N–H and O–H groups in total. The van der Waals surface area contributed by atoms with Gasteiger partial charge in [-0.15, -0.1) is 11.3 Å². The average Bonchev–Trinajstić information content (AvgIpc) is 2.96. The molecule has 2 rings (SSSR count). The smallest absolute Gasteiger partial charge is 0.264 e. The van der Waals surface area contributed by atoms with Crippen molar-refractivity contribution < 1.29 is 9.90 Å². The molecule has 0 atom stereocenters. The van der Waals surface area contributed by atoms with Crippen LogP contribution in [0, 0.1) is 11.8 Å². The highest BCUT2D eigenvalue weighted by Gasteiger charge is 2.14. The maximum absolute atomic E-state index is 12.3. The third-order valence-electron chi connectivity index (χ3n) is 2.78. The van der Waals surface area contributed by atoms with E-state index in [9.17, 15) is 4.79 Å². The number of rotatable bonds is 4. The van der Waals surface area contributed by atoms with Gasteiger partial charge in [0.15, 0.2) is 0 Å². The van der Waals surface area contributed by atoms with E-state index in [0.29, 0.717) is 17.8 Å². The van der Waals surface area contributed by atoms with Crippen molar-refractivity contribution in [1.82, 2.24) is 9.88 Å². The number of thiophene rings is 1. The van der Waals surface area contributed by atoms with Crippen LogP contribution in [-0.2, 0) is 6.54 Å². The van der Waals surface area contributed by atoms with Gasteiger partial charge in [-0.25, -0.2) is 0 Å². The van der Waals surface area contributed by atoms with Gasteiger partial charge in [0, 0.05) is 32.4 Å². The number of aromatic nitrogens is 1. The lowest BCUT2D eigenvalue weighted by Gasteiger charge is -2.15. The van der Waals surface area contributed by atoms with Gasteiger partial charge in [-0.2, -0.15) is 0 Å². The summed E-state index contributed by atoms with van der Waals surface area (Å²) < 4.78 is 0. The highest BCUT2D eigenvalue weighted by molar-refractivity contribution is 7.14. The summed E-state index contributed by atoms with van der Waals surface area (Å²) in [6.07, 6.45) is 3.88. The fourth-order valence-corrected chi connectivity index (χ4v) is 2.62. The van der Waals surface area contributed by atoms with Gasteiger partial charge in [0.2, 0.25) is 0 Å². The normalized spacial score (nSPS) is 9.81. The van der Waals surface area contributed by atoms with Gasteiger partial charge in [-0.3, -0.25) is 9.78 Å². The molecule has 2 aromatic heterocycles. The van der Waals surface area contributed by atoms with Crippen molar-refractivity contribution >= 4 is 17.2 Å². The number of nitrogens with zero attached hydrogens (tertiary/aromatic N) is 2. The second kappa shape index (κ2) is 7.58. The quantitative estimate of drug-likeness (QED) is 0.880. The summed E-state index contributed by atoms with van der Waals surface area (Å²) in [6, 6.07) is 7.41. The molecule has 0 spiro atoms. The first-order valence-electron chi connectivity index (χ1n) is 6.54. The zero-order valence-electron chi connectivity index (χ0n) is 11.7. The van der Waals surface area contributed by atoms with Crippen molar-refractivity contribution in [2.75, 3.05) is 13.7 Å². The fourth-order valence-electron chi connectivity index (χ4n) is 1.75. The summed E-state index contributed by atoms with van der Waals surface area (Å²) in [5.74, 6) is 5.77. The van der Waals surface area contributed by atoms with Crippen LogP contribution in [0.1, 0.15) is 26.5 Å². The van der Waals surface area contributed by atoms with Crippen molar-refractivity contribution in [2.45, 2.75) is 13.0 Å². The number of aliphatic hydroxyl groups excluding tert-OH is 1. The third-order valence-corrected chi connectivity index (χ3v) is 3.77. The Balaban J connectivity index is 2.01. The minimum atomic E-state index is -0.0213. The second-order valence-electron chi connectivity index (χ2n) is 4.46. The zero-order chi connectivity index (χ0) is 15.1. The van der Waals surface area contributed by atoms with Crippen molar-refractivity contribution in [1.29, 1.82) is 0 Å². The Morgan fingerprint density at radius 2 is 2.10 bits per heavy atom. The number of pyridine rings is 1. The molecule has 0 saturated carbocycles. The highest BCUT2D eigenvalue weighted by atomic mass is 32.1. The number of carbonyl (C=O) groups excluding carboxylic acids is 1. The molecular weight excluding hydrogens is 284 g/mol. The van der Waals surface area contributed by atoms with Crippen LogP contribution < -0.4 is 0 Å². The van der Waals surface area contributed by atoms with Crippen LogP contribution in [0.4, 0.5) is 0 Å². The molecule has 5 heteroatoms. The third kappa shape index (κ3) is 4.42. The van der Waals surface area contributed by atoms with Crippen LogP contribution in [0.5, 0.6) is 0 Å². The number of hydrogen-bond donors (Lipinski definition) is 1. The molecule has 21 heavy (non-hydrogen) atoms. The molecule has 0 aliphatic carbocycles. The van der Waals surface area contributed by atoms with Gasteiger partial charge in [0.05, 0.1) is 16.4 Å². The molecule has 1 amide bonds. The predicted molar refractivity (Wildman–Crippen MR) is 82.9 cm³/mol. The molecule has 0 radical (unpaired) electrons. The molecule has 0 aromatic carbocycles. The molecule has 0 aliphatic heterocycles. The van der Waals surface area contributed by atoms with Crippen LogP contribution in [0.3, 0.4) is 0 Å². The molecule has 0 fully saturated rings. The zero-order valence-corrected chi connectivity index (χ0v) is 12.6. The van der Waals surface area contributed by atoms with Crippen molar-refractivity contribution in [3.8, 4) is 11.8 Å². The summed E-state index contributed by atoms with van der Waals surface area (Å²) in [7, 11) is 1.78. The van der Waals surface area contributed by atoms with E-state index in [1.165, 1.54) is 11.3 Å². The number of hydrogen-bond acceptors (Lipinski definition) is 4. The maximum atomic E-state index is 12.3. The minimum Gasteiger partial charge on any atom is -0.395 e. The van der Waals surface area contributed by atoms with Gasteiger partial charge in [0.1, 0.15) is 0 Å². The Morgan fingerprint density at radius 1 is 1.33 bits per heavy atom. The predicted octanol–water partition coefficient (Wildman–Crippen LogP) is 2.15. The molecule has 2 aromatic rings. The highest BCUT2D eigenvalue weighted by Crippen LogP contribution is 2.18. The summed E-state index contributed by atoms with van der Waals surface area (Å²) in [6.45, 7) is 0.601. The number of aliphatic hydroxyl groups is 1. The lowest BCUT2D eigenvalue weighted by atomic mass is 10.2. The first kappa shape index (κ1) is 15.2. The van der Waals surface area contributed by atoms with Crippen LogP contribution in [0.15, 0.2) is 36.7 Å². The Hall–Kier alpha value is -2.16. The number of amides is 1. The molecule has 0 aliphatic rings. The van der Waals surface area contributed by atoms with Crippen molar-refractivity contribution in [3.63, 3.8) is 0 Å². The maximum Gasteiger partial charge on any atom is 0.264 e.